The Kier molecular flexibility index (Phi) is 4.31. The Morgan fingerprint density at radius 3 is 2.43 bits per heavy atom. The molecule has 3 rings (SSSR count). The molecule has 0 fully saturated rings. The normalized spacial score (nSPS) is 20.3. The number of anilines is 1. The molecular formula is C18H21NO3S. The molecule has 0 amide bonds. The van der Waals surface area contributed by atoms with Crippen LogP contribution in [0.25, 0.3) is 0 Å². The highest BCUT2D eigenvalue weighted by Crippen LogP contribution is 2.42. The zero-order chi connectivity index (χ0) is 16.4. The Labute approximate surface area is 139 Å². The first-order chi connectivity index (χ1) is 11.0. The van der Waals surface area contributed by atoms with Gasteiger partial charge in [0.25, 0.3) is 0 Å². The van der Waals surface area contributed by atoms with Gasteiger partial charge >= 0.3 is 0 Å². The lowest BCUT2D eigenvalue weighted by molar-refractivity contribution is -0.0640. The molecule has 0 aliphatic carbocycles. The second kappa shape index (κ2) is 6.24. The predicted octanol–water partition coefficient (Wildman–Crippen LogP) is 3.93. The van der Waals surface area contributed by atoms with Crippen LogP contribution in [0.4, 0.5) is 5.69 Å². The molecule has 0 aromatic heterocycles. The minimum absolute atomic E-state index is 0.563. The van der Waals surface area contributed by atoms with E-state index in [1.165, 1.54) is 0 Å². The number of fused-ring (bicyclic) bond motifs is 1. The van der Waals surface area contributed by atoms with Gasteiger partial charge in [0.2, 0.25) is 5.79 Å². The summed E-state index contributed by atoms with van der Waals surface area (Å²) in [4.78, 5) is 0.843. The number of nitrogens with one attached hydrogen (secondary N) is 1. The Hall–Kier alpha value is -2.01. The summed E-state index contributed by atoms with van der Waals surface area (Å²) in [5.74, 6) is 0.998. The molecule has 5 heteroatoms. The van der Waals surface area contributed by atoms with Crippen LogP contribution in [0.1, 0.15) is 25.8 Å². The van der Waals surface area contributed by atoms with Gasteiger partial charge in [0.05, 0.1) is 0 Å². The minimum Gasteiger partial charge on any atom is -0.449 e. The van der Waals surface area contributed by atoms with Crippen LogP contribution in [-0.2, 0) is 17.3 Å². The fourth-order valence-electron chi connectivity index (χ4n) is 2.42. The third-order valence-corrected chi connectivity index (χ3v) is 4.93. The number of rotatable bonds is 5. The maximum absolute atomic E-state index is 11.4. The van der Waals surface area contributed by atoms with Crippen molar-refractivity contribution in [1.29, 1.82) is 0 Å². The van der Waals surface area contributed by atoms with Crippen LogP contribution in [0, 0.1) is 0 Å². The van der Waals surface area contributed by atoms with Gasteiger partial charge in [0.15, 0.2) is 11.5 Å². The van der Waals surface area contributed by atoms with E-state index in [0.29, 0.717) is 6.54 Å². The monoisotopic (exact) mass is 331 g/mol. The molecule has 2 aromatic rings. The van der Waals surface area contributed by atoms with Crippen molar-refractivity contribution in [2.45, 2.75) is 37.5 Å². The van der Waals surface area contributed by atoms with E-state index in [2.05, 4.69) is 5.32 Å². The molecule has 0 spiro atoms. The van der Waals surface area contributed by atoms with E-state index in [4.69, 9.17) is 9.47 Å². The van der Waals surface area contributed by atoms with E-state index in [-0.39, 0.29) is 0 Å². The van der Waals surface area contributed by atoms with Crippen LogP contribution in [0.2, 0.25) is 0 Å². The van der Waals surface area contributed by atoms with Gasteiger partial charge in [-0.2, -0.15) is 0 Å². The average molecular weight is 331 g/mol. The van der Waals surface area contributed by atoms with Crippen LogP contribution in [-0.4, -0.2) is 16.3 Å². The molecule has 1 aliphatic rings. The van der Waals surface area contributed by atoms with Crippen molar-refractivity contribution in [3.63, 3.8) is 0 Å². The van der Waals surface area contributed by atoms with Crippen LogP contribution >= 0.6 is 0 Å². The molecule has 0 unspecified atom stereocenters. The summed E-state index contributed by atoms with van der Waals surface area (Å²) in [5.41, 5.74) is 2.12. The standard InChI is InChI=1S/C18H21NO3S/c1-4-18(2)21-16-10-7-14(11-17(16)22-18)19-12-13-5-8-15(9-6-13)23(3)20/h5-11,19H,4,12H2,1-3H3/t18-,23-/m0/s1. The first-order valence-electron chi connectivity index (χ1n) is 7.67. The van der Waals surface area contributed by atoms with Crippen LogP contribution in [0.5, 0.6) is 11.5 Å². The maximum atomic E-state index is 11.4. The largest absolute Gasteiger partial charge is 0.449 e. The molecule has 0 bridgehead atoms. The molecule has 1 aliphatic heterocycles. The van der Waals surface area contributed by atoms with Crippen molar-refractivity contribution in [3.8, 4) is 11.5 Å². The summed E-state index contributed by atoms with van der Waals surface area (Å²) in [7, 11) is -0.937. The van der Waals surface area contributed by atoms with Crippen LogP contribution in [0.15, 0.2) is 47.4 Å². The van der Waals surface area contributed by atoms with E-state index in [1.54, 1.807) is 6.26 Å². The van der Waals surface area contributed by atoms with Gasteiger partial charge in [-0.1, -0.05) is 19.1 Å². The van der Waals surface area contributed by atoms with Gasteiger partial charge in [0, 0.05) is 53.6 Å². The maximum Gasteiger partial charge on any atom is 0.248 e. The van der Waals surface area contributed by atoms with Crippen molar-refractivity contribution in [1.82, 2.24) is 0 Å². The summed E-state index contributed by atoms with van der Waals surface area (Å²) in [6.07, 6.45) is 2.47. The average Bonchev–Trinajstić information content (AvgIpc) is 2.89. The molecule has 1 N–H and O–H groups in total. The van der Waals surface area contributed by atoms with Crippen LogP contribution < -0.4 is 14.8 Å². The summed E-state index contributed by atoms with van der Waals surface area (Å²) in [6, 6.07) is 13.7. The van der Waals surface area contributed by atoms with Gasteiger partial charge in [-0.05, 0) is 29.8 Å². The number of hydrogen-bond acceptors (Lipinski definition) is 4. The number of hydrogen-bond donors (Lipinski definition) is 1. The van der Waals surface area contributed by atoms with Crippen molar-refractivity contribution in [2.24, 2.45) is 0 Å². The van der Waals surface area contributed by atoms with Crippen molar-refractivity contribution >= 4 is 16.5 Å². The van der Waals surface area contributed by atoms with Gasteiger partial charge in [-0.15, -0.1) is 0 Å². The third kappa shape index (κ3) is 3.50. The van der Waals surface area contributed by atoms with Crippen LogP contribution in [0.3, 0.4) is 0 Å². The smallest absolute Gasteiger partial charge is 0.248 e. The van der Waals surface area contributed by atoms with Gasteiger partial charge in [0.1, 0.15) is 0 Å². The van der Waals surface area contributed by atoms with E-state index < -0.39 is 16.6 Å². The van der Waals surface area contributed by atoms with Gasteiger partial charge < -0.3 is 14.8 Å². The summed E-state index contributed by atoms with van der Waals surface area (Å²) >= 11 is 0. The highest BCUT2D eigenvalue weighted by atomic mass is 32.2. The van der Waals surface area contributed by atoms with Crippen molar-refractivity contribution in [3.05, 3.63) is 48.0 Å². The quantitative estimate of drug-likeness (QED) is 0.902. The number of ether oxygens (including phenoxy) is 2. The SMILES string of the molecule is CC[C@@]1(C)Oc2ccc(NCc3ccc([S@](C)=O)cc3)cc2O1. The first-order valence-corrected chi connectivity index (χ1v) is 9.23. The van der Waals surface area contributed by atoms with Crippen molar-refractivity contribution < 1.29 is 13.7 Å². The van der Waals surface area contributed by atoms with Gasteiger partial charge in [-0.25, -0.2) is 0 Å². The Bertz CT molecular complexity index is 730. The Balaban J connectivity index is 1.66. The number of benzene rings is 2. The zero-order valence-corrected chi connectivity index (χ0v) is 14.4. The molecule has 0 saturated carbocycles. The second-order valence-corrected chi connectivity index (χ2v) is 7.18. The zero-order valence-electron chi connectivity index (χ0n) is 13.6. The second-order valence-electron chi connectivity index (χ2n) is 5.80. The fourth-order valence-corrected chi connectivity index (χ4v) is 2.93. The summed E-state index contributed by atoms with van der Waals surface area (Å²) in [5, 5.41) is 3.37. The minimum atomic E-state index is -0.937. The summed E-state index contributed by atoms with van der Waals surface area (Å²) < 4.78 is 23.1. The topological polar surface area (TPSA) is 47.6 Å². The van der Waals surface area contributed by atoms with Gasteiger partial charge in [-0.3, -0.25) is 4.21 Å². The highest BCUT2D eigenvalue weighted by Gasteiger charge is 2.34. The summed E-state index contributed by atoms with van der Waals surface area (Å²) in [6.45, 7) is 4.68. The van der Waals surface area contributed by atoms with E-state index >= 15 is 0 Å². The lowest BCUT2D eigenvalue weighted by Gasteiger charge is -2.20. The van der Waals surface area contributed by atoms with E-state index in [0.717, 1.165) is 34.1 Å². The fraction of sp³-hybridized carbons (Fsp3) is 0.333. The molecule has 23 heavy (non-hydrogen) atoms. The lowest BCUT2D eigenvalue weighted by Crippen LogP contribution is -2.33. The highest BCUT2D eigenvalue weighted by molar-refractivity contribution is 7.84. The molecule has 122 valence electrons. The molecule has 2 atom stereocenters. The molecule has 2 aromatic carbocycles. The molecule has 0 radical (unpaired) electrons. The Morgan fingerprint density at radius 2 is 1.78 bits per heavy atom. The molecule has 0 saturated heterocycles. The lowest BCUT2D eigenvalue weighted by atomic mass is 10.2. The van der Waals surface area contributed by atoms with E-state index in [1.807, 2.05) is 56.3 Å². The predicted molar refractivity (Wildman–Crippen MR) is 92.5 cm³/mol. The molecule has 1 heterocycles. The molecular weight excluding hydrogens is 310 g/mol. The third-order valence-electron chi connectivity index (χ3n) is 3.99. The first kappa shape index (κ1) is 15.9. The van der Waals surface area contributed by atoms with E-state index in [9.17, 15) is 4.21 Å². The van der Waals surface area contributed by atoms with Crippen molar-refractivity contribution in [2.75, 3.05) is 11.6 Å². The molecule has 4 nitrogen and oxygen atoms in total. The Morgan fingerprint density at radius 1 is 1.09 bits per heavy atom.